The SMILES string of the molecule is CC(=O)O[C@H](C(N)=O)[C@]1(C)CO1. The molecule has 1 rings (SSSR count). The van der Waals surface area contributed by atoms with Gasteiger partial charge in [0.25, 0.3) is 5.91 Å². The number of rotatable bonds is 3. The van der Waals surface area contributed by atoms with Crippen LogP contribution < -0.4 is 5.73 Å². The fourth-order valence-electron chi connectivity index (χ4n) is 0.915. The van der Waals surface area contributed by atoms with Gasteiger partial charge in [-0.25, -0.2) is 0 Å². The fourth-order valence-corrected chi connectivity index (χ4v) is 0.915. The molecule has 1 aliphatic rings. The van der Waals surface area contributed by atoms with Gasteiger partial charge < -0.3 is 15.2 Å². The normalized spacial score (nSPS) is 29.2. The Bertz CT molecular complexity index is 221. The summed E-state index contributed by atoms with van der Waals surface area (Å²) in [5, 5.41) is 0. The van der Waals surface area contributed by atoms with E-state index in [0.29, 0.717) is 6.61 Å². The van der Waals surface area contributed by atoms with Crippen molar-refractivity contribution in [1.82, 2.24) is 0 Å². The minimum Gasteiger partial charge on any atom is -0.449 e. The number of primary amides is 1. The van der Waals surface area contributed by atoms with Gasteiger partial charge in [0.1, 0.15) is 5.60 Å². The highest BCUT2D eigenvalue weighted by molar-refractivity contribution is 5.83. The summed E-state index contributed by atoms with van der Waals surface area (Å²) in [5.41, 5.74) is 4.32. The number of nitrogens with two attached hydrogens (primary N) is 1. The van der Waals surface area contributed by atoms with Gasteiger partial charge >= 0.3 is 5.97 Å². The Morgan fingerprint density at radius 2 is 2.17 bits per heavy atom. The lowest BCUT2D eigenvalue weighted by Gasteiger charge is -2.16. The predicted octanol–water partition coefficient (Wildman–Crippen LogP) is -0.808. The number of esters is 1. The third-order valence-corrected chi connectivity index (χ3v) is 1.70. The van der Waals surface area contributed by atoms with Crippen LogP contribution in [-0.4, -0.2) is 30.2 Å². The molecule has 0 aliphatic carbocycles. The average molecular weight is 173 g/mol. The summed E-state index contributed by atoms with van der Waals surface area (Å²) in [5.74, 6) is -1.21. The molecule has 68 valence electrons. The minimum atomic E-state index is -0.963. The van der Waals surface area contributed by atoms with Crippen molar-refractivity contribution in [3.05, 3.63) is 0 Å². The second-order valence-corrected chi connectivity index (χ2v) is 2.99. The van der Waals surface area contributed by atoms with Gasteiger partial charge in [-0.2, -0.15) is 0 Å². The number of amides is 1. The molecule has 2 N–H and O–H groups in total. The van der Waals surface area contributed by atoms with E-state index in [1.54, 1.807) is 6.92 Å². The largest absolute Gasteiger partial charge is 0.449 e. The summed E-state index contributed by atoms with van der Waals surface area (Å²) in [6.45, 7) is 3.29. The zero-order valence-corrected chi connectivity index (χ0v) is 6.99. The Hall–Kier alpha value is -1.10. The lowest BCUT2D eigenvalue weighted by atomic mass is 10.1. The highest BCUT2D eigenvalue weighted by atomic mass is 16.6. The van der Waals surface area contributed by atoms with Crippen LogP contribution in [0.3, 0.4) is 0 Å². The van der Waals surface area contributed by atoms with E-state index in [2.05, 4.69) is 0 Å². The maximum Gasteiger partial charge on any atom is 0.303 e. The second-order valence-electron chi connectivity index (χ2n) is 2.99. The third kappa shape index (κ3) is 1.73. The molecular weight excluding hydrogens is 162 g/mol. The molecular formula is C7H11NO4. The van der Waals surface area contributed by atoms with Crippen LogP contribution in [0.5, 0.6) is 0 Å². The third-order valence-electron chi connectivity index (χ3n) is 1.70. The molecule has 5 heteroatoms. The first-order chi connectivity index (χ1) is 5.46. The zero-order valence-electron chi connectivity index (χ0n) is 6.99. The summed E-state index contributed by atoms with van der Waals surface area (Å²) >= 11 is 0. The van der Waals surface area contributed by atoms with Crippen molar-refractivity contribution in [1.29, 1.82) is 0 Å². The van der Waals surface area contributed by atoms with E-state index >= 15 is 0 Å². The van der Waals surface area contributed by atoms with Gasteiger partial charge in [-0.05, 0) is 6.92 Å². The quantitative estimate of drug-likeness (QED) is 0.447. The van der Waals surface area contributed by atoms with Crippen molar-refractivity contribution < 1.29 is 19.1 Å². The van der Waals surface area contributed by atoms with E-state index in [4.69, 9.17) is 15.2 Å². The van der Waals surface area contributed by atoms with E-state index in [-0.39, 0.29) is 0 Å². The van der Waals surface area contributed by atoms with Crippen LogP contribution in [0, 0.1) is 0 Å². The first-order valence-electron chi connectivity index (χ1n) is 3.56. The van der Waals surface area contributed by atoms with Crippen LogP contribution in [0.25, 0.3) is 0 Å². The smallest absolute Gasteiger partial charge is 0.303 e. The molecule has 0 aromatic carbocycles. The van der Waals surface area contributed by atoms with Gasteiger partial charge in [0, 0.05) is 6.92 Å². The van der Waals surface area contributed by atoms with Crippen LogP contribution in [-0.2, 0) is 19.1 Å². The molecule has 0 aromatic heterocycles. The molecule has 2 atom stereocenters. The number of carbonyl (C=O) groups excluding carboxylic acids is 2. The van der Waals surface area contributed by atoms with Crippen LogP contribution in [0.1, 0.15) is 13.8 Å². The van der Waals surface area contributed by atoms with Crippen molar-refractivity contribution in [2.45, 2.75) is 25.6 Å². The van der Waals surface area contributed by atoms with Crippen LogP contribution >= 0.6 is 0 Å². The van der Waals surface area contributed by atoms with Gasteiger partial charge in [-0.3, -0.25) is 9.59 Å². The van der Waals surface area contributed by atoms with E-state index < -0.39 is 23.6 Å². The van der Waals surface area contributed by atoms with Gasteiger partial charge in [0.05, 0.1) is 6.61 Å². The Morgan fingerprint density at radius 1 is 1.67 bits per heavy atom. The number of carbonyl (C=O) groups is 2. The van der Waals surface area contributed by atoms with E-state index in [1.807, 2.05) is 0 Å². The molecule has 1 amide bonds. The highest BCUT2D eigenvalue weighted by Gasteiger charge is 2.52. The average Bonchev–Trinajstić information content (AvgIpc) is 2.63. The molecule has 0 saturated carbocycles. The lowest BCUT2D eigenvalue weighted by Crippen LogP contribution is -2.43. The van der Waals surface area contributed by atoms with Gasteiger partial charge in [0.15, 0.2) is 0 Å². The molecule has 0 radical (unpaired) electrons. The number of hydrogen-bond donors (Lipinski definition) is 1. The second kappa shape index (κ2) is 2.75. The van der Waals surface area contributed by atoms with E-state index in [1.165, 1.54) is 6.92 Å². The van der Waals surface area contributed by atoms with Crippen LogP contribution in [0.4, 0.5) is 0 Å². The maximum absolute atomic E-state index is 10.8. The standard InChI is InChI=1S/C7H11NO4/c1-4(9)12-5(6(8)10)7(2)3-11-7/h5H,3H2,1-2H3,(H2,8,10)/t5-,7+/m1/s1. The Balaban J connectivity index is 2.62. The lowest BCUT2D eigenvalue weighted by molar-refractivity contribution is -0.156. The van der Waals surface area contributed by atoms with E-state index in [9.17, 15) is 9.59 Å². The van der Waals surface area contributed by atoms with Crippen molar-refractivity contribution in [3.8, 4) is 0 Å². The monoisotopic (exact) mass is 173 g/mol. The van der Waals surface area contributed by atoms with Crippen molar-refractivity contribution in [2.24, 2.45) is 5.73 Å². The summed E-state index contributed by atoms with van der Waals surface area (Å²) in [6, 6.07) is 0. The van der Waals surface area contributed by atoms with Gasteiger partial charge in [-0.1, -0.05) is 0 Å². The molecule has 0 aromatic rings. The molecule has 0 unspecified atom stereocenters. The summed E-state index contributed by atoms with van der Waals surface area (Å²) in [4.78, 5) is 21.3. The molecule has 1 aliphatic heterocycles. The molecule has 1 fully saturated rings. The van der Waals surface area contributed by atoms with Crippen LogP contribution in [0.2, 0.25) is 0 Å². The number of ether oxygens (including phenoxy) is 2. The Morgan fingerprint density at radius 3 is 2.42 bits per heavy atom. The molecule has 0 bridgehead atoms. The minimum absolute atomic E-state index is 0.397. The fraction of sp³-hybridized carbons (Fsp3) is 0.714. The van der Waals surface area contributed by atoms with Crippen molar-refractivity contribution in [2.75, 3.05) is 6.61 Å². The van der Waals surface area contributed by atoms with Crippen molar-refractivity contribution >= 4 is 11.9 Å². The number of epoxide rings is 1. The highest BCUT2D eigenvalue weighted by Crippen LogP contribution is 2.31. The summed E-state index contributed by atoms with van der Waals surface area (Å²) < 4.78 is 9.64. The Kier molecular flexibility index (Phi) is 2.06. The summed E-state index contributed by atoms with van der Waals surface area (Å²) in [7, 11) is 0. The molecule has 0 spiro atoms. The number of hydrogen-bond acceptors (Lipinski definition) is 4. The predicted molar refractivity (Wildman–Crippen MR) is 39.1 cm³/mol. The maximum atomic E-state index is 10.8. The van der Waals surface area contributed by atoms with E-state index in [0.717, 1.165) is 0 Å². The first-order valence-corrected chi connectivity index (χ1v) is 3.56. The molecule has 1 heterocycles. The first kappa shape index (κ1) is 8.99. The topological polar surface area (TPSA) is 81.9 Å². The molecule has 5 nitrogen and oxygen atoms in total. The zero-order chi connectivity index (χ0) is 9.35. The molecule has 12 heavy (non-hydrogen) atoms. The molecule has 1 saturated heterocycles. The van der Waals surface area contributed by atoms with Crippen LogP contribution in [0.15, 0.2) is 0 Å². The van der Waals surface area contributed by atoms with Crippen molar-refractivity contribution in [3.63, 3.8) is 0 Å². The van der Waals surface area contributed by atoms with Gasteiger partial charge in [0.2, 0.25) is 6.10 Å². The van der Waals surface area contributed by atoms with Gasteiger partial charge in [-0.15, -0.1) is 0 Å². The Labute approximate surface area is 69.8 Å². The summed E-state index contributed by atoms with van der Waals surface area (Å²) in [6.07, 6.45) is -0.963.